The van der Waals surface area contributed by atoms with Crippen LogP contribution in [0.1, 0.15) is 72.9 Å². The molecule has 1 amide bonds. The molecule has 3 N–H and O–H groups in total. The standard InChI is InChI=1S/C28H32FN3O5.Na/c1-17(2)26-24(14-13-22(33)15-23(34)16-25(35)36)32(21-11-9-20(29)10-12-21)31-27(26)28(37)30-18(3)19-7-5-4-6-8-19;/h4-14,17-18,22-23,33-34H,15-16H2,1-3H3,(H,30,37)(H,35,36);/q;+1/p-1/b14-13+;/t18-,22+,23+;/m0./s1. The third kappa shape index (κ3) is 8.34. The summed E-state index contributed by atoms with van der Waals surface area (Å²) < 4.78 is 15.1. The van der Waals surface area contributed by atoms with Crippen LogP contribution in [0.3, 0.4) is 0 Å². The number of carbonyl (C=O) groups excluding carboxylic acids is 2. The van der Waals surface area contributed by atoms with E-state index < -0.39 is 30.4 Å². The van der Waals surface area contributed by atoms with E-state index >= 15 is 0 Å². The van der Waals surface area contributed by atoms with Crippen LogP contribution in [0.25, 0.3) is 11.8 Å². The Labute approximate surface area is 243 Å². The van der Waals surface area contributed by atoms with Crippen molar-refractivity contribution in [3.8, 4) is 5.69 Å². The Balaban J connectivity index is 0.00000507. The fraction of sp³-hybridized carbons (Fsp3) is 0.321. The van der Waals surface area contributed by atoms with E-state index in [2.05, 4.69) is 10.4 Å². The number of aliphatic carboxylic acids is 1. The number of aliphatic hydroxyl groups is 2. The van der Waals surface area contributed by atoms with Crippen LogP contribution in [0.2, 0.25) is 0 Å². The molecular formula is C28H31FN3NaO5. The summed E-state index contributed by atoms with van der Waals surface area (Å²) >= 11 is 0. The van der Waals surface area contributed by atoms with Crippen molar-refractivity contribution in [2.45, 2.75) is 57.8 Å². The molecule has 0 saturated carbocycles. The van der Waals surface area contributed by atoms with Crippen LogP contribution in [0.4, 0.5) is 4.39 Å². The Bertz CT molecular complexity index is 1250. The van der Waals surface area contributed by atoms with Crippen LogP contribution < -0.4 is 40.0 Å². The van der Waals surface area contributed by atoms with Gasteiger partial charge in [-0.15, -0.1) is 0 Å². The number of hydrogen-bond donors (Lipinski definition) is 3. The van der Waals surface area contributed by atoms with Crippen molar-refractivity contribution in [1.29, 1.82) is 0 Å². The number of aliphatic hydroxyl groups excluding tert-OH is 2. The number of rotatable bonds is 11. The van der Waals surface area contributed by atoms with Crippen molar-refractivity contribution in [2.75, 3.05) is 0 Å². The van der Waals surface area contributed by atoms with Crippen LogP contribution >= 0.6 is 0 Å². The molecule has 10 heteroatoms. The summed E-state index contributed by atoms with van der Waals surface area (Å²) in [5.41, 5.74) is 2.73. The second kappa shape index (κ2) is 14.4. The summed E-state index contributed by atoms with van der Waals surface area (Å²) in [6, 6.07) is 14.8. The first-order valence-electron chi connectivity index (χ1n) is 12.1. The number of carbonyl (C=O) groups is 2. The van der Waals surface area contributed by atoms with Gasteiger partial charge in [0.05, 0.1) is 29.6 Å². The van der Waals surface area contributed by atoms with Gasteiger partial charge in [-0.05, 0) is 48.7 Å². The first kappa shape index (κ1) is 31.4. The smallest absolute Gasteiger partial charge is 0.550 e. The topological polar surface area (TPSA) is 128 Å². The number of carboxylic acid groups (broad SMARTS) is 1. The minimum absolute atomic E-state index is 0. The Morgan fingerprint density at radius 1 is 1.08 bits per heavy atom. The molecule has 1 heterocycles. The SMILES string of the molecule is CC(C)c1c(C(=O)N[C@@H](C)c2ccccc2)nn(-c2ccc(F)cc2)c1/C=C/[C@@H](O)C[C@@H](O)CC(=O)[O-].[Na+]. The number of nitrogens with zero attached hydrogens (tertiary/aromatic N) is 2. The Kier molecular flexibility index (Phi) is 11.9. The molecule has 196 valence electrons. The van der Waals surface area contributed by atoms with Crippen molar-refractivity contribution in [3.05, 3.63) is 89.0 Å². The molecular weight excluding hydrogens is 500 g/mol. The van der Waals surface area contributed by atoms with Crippen LogP contribution in [-0.4, -0.2) is 44.1 Å². The Morgan fingerprint density at radius 3 is 2.29 bits per heavy atom. The maximum atomic E-state index is 13.6. The van der Waals surface area contributed by atoms with E-state index in [1.165, 1.54) is 35.0 Å². The molecule has 3 aromatic rings. The maximum Gasteiger partial charge on any atom is 1.00 e. The molecule has 3 atom stereocenters. The summed E-state index contributed by atoms with van der Waals surface area (Å²) in [7, 11) is 0. The zero-order valence-corrected chi connectivity index (χ0v) is 24.0. The average Bonchev–Trinajstić information content (AvgIpc) is 3.23. The molecule has 0 bridgehead atoms. The van der Waals surface area contributed by atoms with Crippen molar-refractivity contribution in [3.63, 3.8) is 0 Å². The van der Waals surface area contributed by atoms with Gasteiger partial charge in [0.25, 0.3) is 5.91 Å². The number of nitrogens with one attached hydrogen (secondary N) is 1. The maximum absolute atomic E-state index is 13.6. The van der Waals surface area contributed by atoms with Gasteiger partial charge in [-0.25, -0.2) is 9.07 Å². The van der Waals surface area contributed by atoms with Crippen LogP contribution in [-0.2, 0) is 4.79 Å². The van der Waals surface area contributed by atoms with Gasteiger partial charge < -0.3 is 25.4 Å². The molecule has 2 aromatic carbocycles. The number of amides is 1. The molecule has 0 aliphatic carbocycles. The monoisotopic (exact) mass is 531 g/mol. The van der Waals surface area contributed by atoms with E-state index in [0.717, 1.165) is 5.56 Å². The predicted octanol–water partition coefficient (Wildman–Crippen LogP) is -0.105. The molecule has 0 radical (unpaired) electrons. The Hall–Kier alpha value is -2.82. The van der Waals surface area contributed by atoms with E-state index in [9.17, 15) is 29.3 Å². The van der Waals surface area contributed by atoms with E-state index in [1.54, 1.807) is 6.08 Å². The quantitative estimate of drug-likeness (QED) is 0.297. The minimum atomic E-state index is -1.42. The second-order valence-electron chi connectivity index (χ2n) is 9.19. The largest absolute Gasteiger partial charge is 1.00 e. The van der Waals surface area contributed by atoms with Gasteiger partial charge in [-0.3, -0.25) is 4.79 Å². The van der Waals surface area contributed by atoms with Crippen LogP contribution in [0.5, 0.6) is 0 Å². The van der Waals surface area contributed by atoms with Gasteiger partial charge in [0.2, 0.25) is 0 Å². The van der Waals surface area contributed by atoms with Gasteiger partial charge in [-0.2, -0.15) is 5.10 Å². The molecule has 3 rings (SSSR count). The molecule has 0 aliphatic rings. The average molecular weight is 532 g/mol. The summed E-state index contributed by atoms with van der Waals surface area (Å²) in [6.45, 7) is 5.68. The van der Waals surface area contributed by atoms with E-state index in [0.29, 0.717) is 16.9 Å². The predicted molar refractivity (Wildman–Crippen MR) is 135 cm³/mol. The number of carboxylic acids is 1. The Morgan fingerprint density at radius 2 is 1.71 bits per heavy atom. The number of halogens is 1. The van der Waals surface area contributed by atoms with E-state index in [1.807, 2.05) is 51.1 Å². The number of hydrogen-bond acceptors (Lipinski definition) is 6. The van der Waals surface area contributed by atoms with Crippen LogP contribution in [0, 0.1) is 5.82 Å². The van der Waals surface area contributed by atoms with Gasteiger partial charge in [0.1, 0.15) is 5.82 Å². The third-order valence-electron chi connectivity index (χ3n) is 5.86. The van der Waals surface area contributed by atoms with Crippen LogP contribution in [0.15, 0.2) is 60.7 Å². The van der Waals surface area contributed by atoms with E-state index in [4.69, 9.17) is 0 Å². The molecule has 0 saturated heterocycles. The number of aromatic nitrogens is 2. The molecule has 0 unspecified atom stereocenters. The zero-order valence-electron chi connectivity index (χ0n) is 22.0. The summed E-state index contributed by atoms with van der Waals surface area (Å²) in [4.78, 5) is 24.1. The van der Waals surface area contributed by atoms with Gasteiger partial charge in [-0.1, -0.05) is 50.3 Å². The molecule has 0 spiro atoms. The third-order valence-corrected chi connectivity index (χ3v) is 5.86. The summed E-state index contributed by atoms with van der Waals surface area (Å²) in [5.74, 6) is -2.38. The first-order chi connectivity index (χ1) is 17.6. The minimum Gasteiger partial charge on any atom is -0.550 e. The second-order valence-corrected chi connectivity index (χ2v) is 9.19. The summed E-state index contributed by atoms with van der Waals surface area (Å²) in [6.07, 6.45) is -0.290. The zero-order chi connectivity index (χ0) is 27.1. The van der Waals surface area contributed by atoms with E-state index in [-0.39, 0.29) is 59.5 Å². The molecule has 8 nitrogen and oxygen atoms in total. The molecule has 38 heavy (non-hydrogen) atoms. The molecule has 0 fully saturated rings. The van der Waals surface area contributed by atoms with Gasteiger partial charge >= 0.3 is 29.6 Å². The first-order valence-corrected chi connectivity index (χ1v) is 12.1. The van der Waals surface area contributed by atoms with Gasteiger partial charge in [0.15, 0.2) is 5.69 Å². The van der Waals surface area contributed by atoms with Crippen molar-refractivity contribution >= 4 is 18.0 Å². The fourth-order valence-corrected chi connectivity index (χ4v) is 4.04. The van der Waals surface area contributed by atoms with Crippen molar-refractivity contribution in [2.24, 2.45) is 0 Å². The summed E-state index contributed by atoms with van der Waals surface area (Å²) in [5, 5.41) is 38.4. The molecule has 1 aromatic heterocycles. The fourth-order valence-electron chi connectivity index (χ4n) is 4.04. The molecule has 0 aliphatic heterocycles. The number of benzene rings is 2. The van der Waals surface area contributed by atoms with Crippen molar-refractivity contribution in [1.82, 2.24) is 15.1 Å². The van der Waals surface area contributed by atoms with Gasteiger partial charge in [0, 0.05) is 24.4 Å². The van der Waals surface area contributed by atoms with Crippen molar-refractivity contribution < 1.29 is 58.9 Å². The normalized spacial score (nSPS) is 13.7.